The van der Waals surface area contributed by atoms with Crippen LogP contribution in [0.2, 0.25) is 0 Å². The number of ether oxygens (including phenoxy) is 2. The third-order valence-corrected chi connectivity index (χ3v) is 3.44. The van der Waals surface area contributed by atoms with Gasteiger partial charge in [0, 0.05) is 0 Å². The van der Waals surface area contributed by atoms with E-state index in [2.05, 4.69) is 28.2 Å². The van der Waals surface area contributed by atoms with E-state index in [0.29, 0.717) is 0 Å². The standard InChI is InChI=1S/C15H24BrNO2/c1-3-9-17-10-5-4-6-11-19-15-8-7-13(18-2)12-14(15)16/h7-8,12,17H,3-6,9-11H2,1-2H3. The minimum Gasteiger partial charge on any atom is -0.497 e. The van der Waals surface area contributed by atoms with Crippen molar-refractivity contribution in [3.05, 3.63) is 22.7 Å². The topological polar surface area (TPSA) is 30.5 Å². The van der Waals surface area contributed by atoms with Crippen molar-refractivity contribution in [1.29, 1.82) is 0 Å². The summed E-state index contributed by atoms with van der Waals surface area (Å²) in [6, 6.07) is 5.77. The van der Waals surface area contributed by atoms with Crippen LogP contribution in [-0.4, -0.2) is 26.8 Å². The van der Waals surface area contributed by atoms with Crippen molar-refractivity contribution in [3.63, 3.8) is 0 Å². The lowest BCUT2D eigenvalue weighted by Crippen LogP contribution is -2.15. The second-order valence-electron chi connectivity index (χ2n) is 4.46. The van der Waals surface area contributed by atoms with Crippen LogP contribution >= 0.6 is 15.9 Å². The molecule has 3 nitrogen and oxygen atoms in total. The molecule has 0 bridgehead atoms. The predicted octanol–water partition coefficient (Wildman–Crippen LogP) is 4.01. The van der Waals surface area contributed by atoms with Gasteiger partial charge in [-0.1, -0.05) is 6.92 Å². The summed E-state index contributed by atoms with van der Waals surface area (Å²) in [6.07, 6.45) is 4.71. The molecule has 0 saturated carbocycles. The van der Waals surface area contributed by atoms with Crippen molar-refractivity contribution in [3.8, 4) is 11.5 Å². The van der Waals surface area contributed by atoms with Crippen LogP contribution in [0.1, 0.15) is 32.6 Å². The van der Waals surface area contributed by atoms with Crippen LogP contribution < -0.4 is 14.8 Å². The van der Waals surface area contributed by atoms with E-state index in [1.807, 2.05) is 18.2 Å². The van der Waals surface area contributed by atoms with E-state index >= 15 is 0 Å². The van der Waals surface area contributed by atoms with E-state index in [1.54, 1.807) is 7.11 Å². The van der Waals surface area contributed by atoms with Crippen LogP contribution in [0.4, 0.5) is 0 Å². The fourth-order valence-electron chi connectivity index (χ4n) is 1.74. The summed E-state index contributed by atoms with van der Waals surface area (Å²) in [7, 11) is 1.66. The summed E-state index contributed by atoms with van der Waals surface area (Å²) in [5.74, 6) is 1.71. The van der Waals surface area contributed by atoms with E-state index in [1.165, 1.54) is 19.3 Å². The molecule has 19 heavy (non-hydrogen) atoms. The highest BCUT2D eigenvalue weighted by atomic mass is 79.9. The fourth-order valence-corrected chi connectivity index (χ4v) is 2.21. The fraction of sp³-hybridized carbons (Fsp3) is 0.600. The zero-order valence-corrected chi connectivity index (χ0v) is 13.5. The second kappa shape index (κ2) is 10.1. The van der Waals surface area contributed by atoms with Crippen LogP contribution in [0.5, 0.6) is 11.5 Å². The molecular formula is C15H24BrNO2. The number of rotatable bonds is 10. The Morgan fingerprint density at radius 2 is 2.00 bits per heavy atom. The molecule has 0 heterocycles. The van der Waals surface area contributed by atoms with Crippen molar-refractivity contribution >= 4 is 15.9 Å². The molecule has 1 rings (SSSR count). The largest absolute Gasteiger partial charge is 0.497 e. The van der Waals surface area contributed by atoms with Gasteiger partial charge < -0.3 is 14.8 Å². The SMILES string of the molecule is CCCNCCCCCOc1ccc(OC)cc1Br. The van der Waals surface area contributed by atoms with Gasteiger partial charge in [-0.25, -0.2) is 0 Å². The Bertz CT molecular complexity index is 358. The zero-order chi connectivity index (χ0) is 13.9. The van der Waals surface area contributed by atoms with Crippen LogP contribution in [-0.2, 0) is 0 Å². The number of hydrogen-bond acceptors (Lipinski definition) is 3. The first-order valence-electron chi connectivity index (χ1n) is 6.95. The van der Waals surface area contributed by atoms with Gasteiger partial charge in [-0.15, -0.1) is 0 Å². The molecule has 0 spiro atoms. The number of methoxy groups -OCH3 is 1. The minimum atomic E-state index is 0.763. The quantitative estimate of drug-likeness (QED) is 0.658. The molecule has 1 aromatic carbocycles. The highest BCUT2D eigenvalue weighted by Crippen LogP contribution is 2.29. The summed E-state index contributed by atoms with van der Waals surface area (Å²) in [5, 5.41) is 3.40. The predicted molar refractivity (Wildman–Crippen MR) is 83.2 cm³/mol. The third-order valence-electron chi connectivity index (χ3n) is 2.82. The molecule has 0 aromatic heterocycles. The molecule has 1 N–H and O–H groups in total. The number of nitrogens with one attached hydrogen (secondary N) is 1. The van der Waals surface area contributed by atoms with Gasteiger partial charge in [0.15, 0.2) is 0 Å². The highest BCUT2D eigenvalue weighted by molar-refractivity contribution is 9.10. The first kappa shape index (κ1) is 16.3. The van der Waals surface area contributed by atoms with Gasteiger partial charge in [0.25, 0.3) is 0 Å². The summed E-state index contributed by atoms with van der Waals surface area (Å²) in [6.45, 7) is 5.18. The Balaban J connectivity index is 2.12. The average molecular weight is 330 g/mol. The third kappa shape index (κ3) is 6.83. The lowest BCUT2D eigenvalue weighted by atomic mass is 10.2. The zero-order valence-electron chi connectivity index (χ0n) is 11.9. The minimum absolute atomic E-state index is 0.763. The number of hydrogen-bond donors (Lipinski definition) is 1. The van der Waals surface area contributed by atoms with Gasteiger partial charge in [0.2, 0.25) is 0 Å². The maximum absolute atomic E-state index is 5.74. The Morgan fingerprint density at radius 3 is 2.68 bits per heavy atom. The molecule has 0 aliphatic heterocycles. The molecule has 0 radical (unpaired) electrons. The molecule has 0 aliphatic rings. The molecule has 0 amide bonds. The number of benzene rings is 1. The van der Waals surface area contributed by atoms with Crippen molar-refractivity contribution in [2.75, 3.05) is 26.8 Å². The first-order valence-corrected chi connectivity index (χ1v) is 7.74. The van der Waals surface area contributed by atoms with Crippen LogP contribution in [0.15, 0.2) is 22.7 Å². The van der Waals surface area contributed by atoms with Crippen molar-refractivity contribution < 1.29 is 9.47 Å². The maximum Gasteiger partial charge on any atom is 0.133 e. The highest BCUT2D eigenvalue weighted by Gasteiger charge is 2.02. The summed E-state index contributed by atoms with van der Waals surface area (Å²) in [5.41, 5.74) is 0. The van der Waals surface area contributed by atoms with E-state index < -0.39 is 0 Å². The number of halogens is 1. The molecular weight excluding hydrogens is 306 g/mol. The van der Waals surface area contributed by atoms with Crippen LogP contribution in [0, 0.1) is 0 Å². The smallest absolute Gasteiger partial charge is 0.133 e. The van der Waals surface area contributed by atoms with E-state index in [0.717, 1.165) is 42.1 Å². The Labute approximate surface area is 124 Å². The van der Waals surface area contributed by atoms with Crippen molar-refractivity contribution in [2.45, 2.75) is 32.6 Å². The Hall–Kier alpha value is -0.740. The van der Waals surface area contributed by atoms with Gasteiger partial charge >= 0.3 is 0 Å². The van der Waals surface area contributed by atoms with E-state index in [9.17, 15) is 0 Å². The molecule has 4 heteroatoms. The molecule has 0 fully saturated rings. The molecule has 0 unspecified atom stereocenters. The van der Waals surface area contributed by atoms with Crippen LogP contribution in [0.3, 0.4) is 0 Å². The molecule has 1 aromatic rings. The van der Waals surface area contributed by atoms with Crippen molar-refractivity contribution in [2.24, 2.45) is 0 Å². The Morgan fingerprint density at radius 1 is 1.16 bits per heavy atom. The second-order valence-corrected chi connectivity index (χ2v) is 5.31. The monoisotopic (exact) mass is 329 g/mol. The number of unbranched alkanes of at least 4 members (excludes halogenated alkanes) is 2. The van der Waals surface area contributed by atoms with E-state index in [4.69, 9.17) is 9.47 Å². The molecule has 0 saturated heterocycles. The Kier molecular flexibility index (Phi) is 8.67. The lowest BCUT2D eigenvalue weighted by molar-refractivity contribution is 0.302. The maximum atomic E-state index is 5.74. The van der Waals surface area contributed by atoms with Gasteiger partial charge in [0.1, 0.15) is 11.5 Å². The first-order chi connectivity index (χ1) is 9.27. The van der Waals surface area contributed by atoms with Gasteiger partial charge in [-0.3, -0.25) is 0 Å². The summed E-state index contributed by atoms with van der Waals surface area (Å²) >= 11 is 3.48. The van der Waals surface area contributed by atoms with Gasteiger partial charge in [-0.05, 0) is 72.9 Å². The van der Waals surface area contributed by atoms with E-state index in [-0.39, 0.29) is 0 Å². The molecule has 0 aliphatic carbocycles. The average Bonchev–Trinajstić information content (AvgIpc) is 2.43. The van der Waals surface area contributed by atoms with Gasteiger partial charge in [-0.2, -0.15) is 0 Å². The van der Waals surface area contributed by atoms with Gasteiger partial charge in [0.05, 0.1) is 18.2 Å². The van der Waals surface area contributed by atoms with Crippen LogP contribution in [0.25, 0.3) is 0 Å². The normalized spacial score (nSPS) is 10.5. The van der Waals surface area contributed by atoms with Crippen molar-refractivity contribution in [1.82, 2.24) is 5.32 Å². The molecule has 0 atom stereocenters. The summed E-state index contributed by atoms with van der Waals surface area (Å²) < 4.78 is 11.8. The molecule has 108 valence electrons. The summed E-state index contributed by atoms with van der Waals surface area (Å²) in [4.78, 5) is 0. The lowest BCUT2D eigenvalue weighted by Gasteiger charge is -2.09.